The molecular formula is C13H16N2O2. The largest absolute Gasteiger partial charge is 0.497 e. The number of nitrogens with zero attached hydrogens (tertiary/aromatic N) is 2. The zero-order valence-electron chi connectivity index (χ0n) is 10.5. The summed E-state index contributed by atoms with van der Waals surface area (Å²) < 4.78 is 10.6. The maximum atomic E-state index is 5.33. The molecule has 0 aliphatic carbocycles. The number of ether oxygens (including phenoxy) is 2. The van der Waals surface area contributed by atoms with Gasteiger partial charge in [-0.2, -0.15) is 0 Å². The average Bonchev–Trinajstić information content (AvgIpc) is 2.36. The maximum absolute atomic E-state index is 5.33. The van der Waals surface area contributed by atoms with Crippen molar-refractivity contribution in [1.29, 1.82) is 0 Å². The van der Waals surface area contributed by atoms with Crippen LogP contribution in [-0.2, 0) is 0 Å². The van der Waals surface area contributed by atoms with Crippen LogP contribution in [0.5, 0.6) is 11.5 Å². The second-order valence-electron chi connectivity index (χ2n) is 4.14. The van der Waals surface area contributed by atoms with Crippen molar-refractivity contribution in [3.05, 3.63) is 24.2 Å². The fourth-order valence-electron chi connectivity index (χ4n) is 1.86. The molecule has 0 amide bonds. The first-order valence-electron chi connectivity index (χ1n) is 5.54. The van der Waals surface area contributed by atoms with Gasteiger partial charge in [-0.15, -0.1) is 0 Å². The number of fused-ring (bicyclic) bond motifs is 1. The number of rotatable bonds is 3. The van der Waals surface area contributed by atoms with E-state index in [1.807, 2.05) is 12.1 Å². The summed E-state index contributed by atoms with van der Waals surface area (Å²) in [6, 6.07) is 3.78. The minimum Gasteiger partial charge on any atom is -0.497 e. The van der Waals surface area contributed by atoms with E-state index in [2.05, 4.69) is 23.8 Å². The van der Waals surface area contributed by atoms with E-state index in [0.717, 1.165) is 22.3 Å². The van der Waals surface area contributed by atoms with E-state index in [0.29, 0.717) is 11.7 Å². The van der Waals surface area contributed by atoms with Gasteiger partial charge in [0.2, 0.25) is 0 Å². The second kappa shape index (κ2) is 4.57. The molecule has 0 radical (unpaired) electrons. The fourth-order valence-corrected chi connectivity index (χ4v) is 1.86. The summed E-state index contributed by atoms with van der Waals surface area (Å²) in [4.78, 5) is 8.61. The molecule has 0 saturated carbocycles. The van der Waals surface area contributed by atoms with Gasteiger partial charge < -0.3 is 9.47 Å². The number of hydrogen-bond donors (Lipinski definition) is 0. The topological polar surface area (TPSA) is 44.2 Å². The summed E-state index contributed by atoms with van der Waals surface area (Å²) in [7, 11) is 3.27. The van der Waals surface area contributed by atoms with E-state index in [9.17, 15) is 0 Å². The normalized spacial score (nSPS) is 10.9. The van der Waals surface area contributed by atoms with Crippen LogP contribution in [0.3, 0.4) is 0 Å². The molecule has 1 heterocycles. The molecule has 0 fully saturated rings. The van der Waals surface area contributed by atoms with Crippen molar-refractivity contribution in [3.63, 3.8) is 0 Å². The number of hydrogen-bond acceptors (Lipinski definition) is 4. The van der Waals surface area contributed by atoms with Gasteiger partial charge in [-0.3, -0.25) is 0 Å². The highest BCUT2D eigenvalue weighted by Crippen LogP contribution is 2.32. The van der Waals surface area contributed by atoms with Crippen LogP contribution in [0.25, 0.3) is 10.9 Å². The third kappa shape index (κ3) is 2.02. The van der Waals surface area contributed by atoms with Crippen LogP contribution in [0.1, 0.15) is 25.5 Å². The zero-order valence-corrected chi connectivity index (χ0v) is 10.5. The van der Waals surface area contributed by atoms with E-state index in [1.165, 1.54) is 0 Å². The molecule has 4 heteroatoms. The Hall–Kier alpha value is -1.84. The summed E-state index contributed by atoms with van der Waals surface area (Å²) in [5, 5.41) is 0.985. The Morgan fingerprint density at radius 2 is 1.82 bits per heavy atom. The molecule has 0 unspecified atom stereocenters. The Morgan fingerprint density at radius 3 is 2.41 bits per heavy atom. The summed E-state index contributed by atoms with van der Waals surface area (Å²) in [6.45, 7) is 4.21. The molecule has 2 rings (SSSR count). The van der Waals surface area contributed by atoms with E-state index < -0.39 is 0 Å². The van der Waals surface area contributed by atoms with Gasteiger partial charge in [0.05, 0.1) is 19.9 Å². The molecule has 0 bridgehead atoms. The van der Waals surface area contributed by atoms with E-state index in [-0.39, 0.29) is 0 Å². The van der Waals surface area contributed by atoms with Crippen molar-refractivity contribution in [1.82, 2.24) is 9.97 Å². The Labute approximate surface area is 101 Å². The lowest BCUT2D eigenvalue weighted by Gasteiger charge is -2.12. The second-order valence-corrected chi connectivity index (χ2v) is 4.14. The minimum atomic E-state index is 0.331. The fraction of sp³-hybridized carbons (Fsp3) is 0.385. The first-order chi connectivity index (χ1) is 8.17. The first-order valence-corrected chi connectivity index (χ1v) is 5.54. The standard InChI is InChI=1S/C13H16N2O2/c1-8(2)12-10-5-9(16-3)6-11(17-4)13(10)15-7-14-12/h5-8H,1-4H3. The van der Waals surface area contributed by atoms with Crippen LogP contribution in [0, 0.1) is 0 Å². The number of aromatic nitrogens is 2. The maximum Gasteiger partial charge on any atom is 0.148 e. The Balaban J connectivity index is 2.79. The summed E-state index contributed by atoms with van der Waals surface area (Å²) >= 11 is 0. The van der Waals surface area contributed by atoms with Crippen LogP contribution >= 0.6 is 0 Å². The van der Waals surface area contributed by atoms with Crippen LogP contribution < -0.4 is 9.47 Å². The predicted molar refractivity (Wildman–Crippen MR) is 66.7 cm³/mol. The highest BCUT2D eigenvalue weighted by atomic mass is 16.5. The van der Waals surface area contributed by atoms with Crippen molar-refractivity contribution in [2.45, 2.75) is 19.8 Å². The van der Waals surface area contributed by atoms with Gasteiger partial charge in [0.1, 0.15) is 23.3 Å². The lowest BCUT2D eigenvalue weighted by Crippen LogP contribution is -1.98. The quantitative estimate of drug-likeness (QED) is 0.816. The molecule has 90 valence electrons. The average molecular weight is 232 g/mol. The van der Waals surface area contributed by atoms with Crippen molar-refractivity contribution >= 4 is 10.9 Å². The van der Waals surface area contributed by atoms with Gasteiger partial charge in [-0.25, -0.2) is 9.97 Å². The molecule has 1 aromatic heterocycles. The van der Waals surface area contributed by atoms with E-state index in [4.69, 9.17) is 9.47 Å². The van der Waals surface area contributed by atoms with Gasteiger partial charge in [-0.1, -0.05) is 13.8 Å². The minimum absolute atomic E-state index is 0.331. The van der Waals surface area contributed by atoms with Crippen LogP contribution in [0.4, 0.5) is 0 Å². The highest BCUT2D eigenvalue weighted by molar-refractivity contribution is 5.88. The van der Waals surface area contributed by atoms with Crippen LogP contribution in [-0.4, -0.2) is 24.2 Å². The lowest BCUT2D eigenvalue weighted by atomic mass is 10.0. The SMILES string of the molecule is COc1cc(OC)c2ncnc(C(C)C)c2c1. The van der Waals surface area contributed by atoms with Crippen molar-refractivity contribution in [2.75, 3.05) is 14.2 Å². The van der Waals surface area contributed by atoms with Gasteiger partial charge in [0.25, 0.3) is 0 Å². The monoisotopic (exact) mass is 232 g/mol. The molecule has 4 nitrogen and oxygen atoms in total. The summed E-state index contributed by atoms with van der Waals surface area (Å²) in [6.07, 6.45) is 1.58. The van der Waals surface area contributed by atoms with Gasteiger partial charge >= 0.3 is 0 Å². The summed E-state index contributed by atoms with van der Waals surface area (Å²) in [5.41, 5.74) is 1.83. The molecule has 0 aliphatic heterocycles. The highest BCUT2D eigenvalue weighted by Gasteiger charge is 2.12. The molecule has 0 saturated heterocycles. The number of methoxy groups -OCH3 is 2. The molecule has 0 atom stereocenters. The van der Waals surface area contributed by atoms with Crippen molar-refractivity contribution in [3.8, 4) is 11.5 Å². The molecule has 1 aromatic carbocycles. The van der Waals surface area contributed by atoms with Crippen molar-refractivity contribution in [2.24, 2.45) is 0 Å². The molecule has 2 aromatic rings. The molecule has 0 N–H and O–H groups in total. The van der Waals surface area contributed by atoms with Crippen molar-refractivity contribution < 1.29 is 9.47 Å². The number of benzene rings is 1. The third-order valence-corrected chi connectivity index (χ3v) is 2.71. The Morgan fingerprint density at radius 1 is 1.06 bits per heavy atom. The van der Waals surface area contributed by atoms with Gasteiger partial charge in [0, 0.05) is 11.5 Å². The first kappa shape index (κ1) is 11.6. The van der Waals surface area contributed by atoms with E-state index in [1.54, 1.807) is 20.5 Å². The molecular weight excluding hydrogens is 216 g/mol. The van der Waals surface area contributed by atoms with Gasteiger partial charge in [0.15, 0.2) is 0 Å². The van der Waals surface area contributed by atoms with Crippen LogP contribution in [0.15, 0.2) is 18.5 Å². The molecule has 17 heavy (non-hydrogen) atoms. The predicted octanol–water partition coefficient (Wildman–Crippen LogP) is 2.77. The van der Waals surface area contributed by atoms with Crippen LogP contribution in [0.2, 0.25) is 0 Å². The smallest absolute Gasteiger partial charge is 0.148 e. The van der Waals surface area contributed by atoms with E-state index >= 15 is 0 Å². The molecule has 0 aliphatic rings. The zero-order chi connectivity index (χ0) is 12.4. The third-order valence-electron chi connectivity index (χ3n) is 2.71. The summed E-state index contributed by atoms with van der Waals surface area (Å²) in [5.74, 6) is 1.80. The molecule has 0 spiro atoms. The van der Waals surface area contributed by atoms with Gasteiger partial charge in [-0.05, 0) is 12.0 Å². The Bertz CT molecular complexity index is 538. The lowest BCUT2D eigenvalue weighted by molar-refractivity contribution is 0.397. The Kier molecular flexibility index (Phi) is 3.13.